The Labute approximate surface area is 204 Å². The van der Waals surface area contributed by atoms with Crippen LogP contribution in [0.2, 0.25) is 0 Å². The maximum atomic E-state index is 13.6. The van der Waals surface area contributed by atoms with Crippen molar-refractivity contribution in [1.29, 1.82) is 0 Å². The van der Waals surface area contributed by atoms with Crippen molar-refractivity contribution in [3.8, 4) is 5.75 Å². The van der Waals surface area contributed by atoms with Crippen LogP contribution in [0.1, 0.15) is 49.4 Å². The Hall–Kier alpha value is -2.44. The molecule has 0 aromatic heterocycles. The topological polar surface area (TPSA) is 101 Å². The molecule has 0 spiro atoms. The van der Waals surface area contributed by atoms with E-state index in [1.807, 2.05) is 0 Å². The smallest absolute Gasteiger partial charge is 0.416 e. The zero-order valence-corrected chi connectivity index (χ0v) is 21.0. The molecule has 2 atom stereocenters. The molecule has 0 aliphatic heterocycles. The number of benzene rings is 2. The quantitative estimate of drug-likeness (QED) is 0.541. The molecule has 1 aliphatic rings. The molecule has 0 heterocycles. The minimum atomic E-state index is -4.83. The number of hydrogen-bond donors (Lipinski definition) is 1. The maximum absolute atomic E-state index is 13.6. The highest BCUT2D eigenvalue weighted by Gasteiger charge is 2.37. The van der Waals surface area contributed by atoms with Crippen molar-refractivity contribution in [2.75, 3.05) is 13.7 Å². The summed E-state index contributed by atoms with van der Waals surface area (Å²) in [6.45, 7) is 2.58. The molecule has 1 aliphatic carbocycles. The number of alkyl halides is 3. The van der Waals surface area contributed by atoms with Gasteiger partial charge in [-0.2, -0.15) is 17.5 Å². The Morgan fingerprint density at radius 3 is 2.54 bits per heavy atom. The molecule has 192 valence electrons. The van der Waals surface area contributed by atoms with E-state index in [9.17, 15) is 30.6 Å². The molecule has 2 aromatic carbocycles. The molecule has 0 radical (unpaired) electrons. The van der Waals surface area contributed by atoms with Crippen molar-refractivity contribution < 1.29 is 40.4 Å². The van der Waals surface area contributed by atoms with Gasteiger partial charge in [0.2, 0.25) is 10.0 Å². The molecule has 1 unspecified atom stereocenters. The predicted molar refractivity (Wildman–Crippen MR) is 123 cm³/mol. The highest BCUT2D eigenvalue weighted by atomic mass is 32.2. The summed E-state index contributed by atoms with van der Waals surface area (Å²) in [5.74, 6) is -0.831. The number of carboxylic acids is 1. The van der Waals surface area contributed by atoms with Crippen LogP contribution in [-0.4, -0.2) is 46.9 Å². The van der Waals surface area contributed by atoms with Crippen molar-refractivity contribution in [2.24, 2.45) is 0 Å². The van der Waals surface area contributed by atoms with Crippen LogP contribution in [0.4, 0.5) is 13.2 Å². The van der Waals surface area contributed by atoms with E-state index in [0.29, 0.717) is 42.2 Å². The van der Waals surface area contributed by atoms with Gasteiger partial charge in [-0.15, -0.1) is 0 Å². The van der Waals surface area contributed by atoms with Crippen LogP contribution < -0.4 is 4.74 Å². The normalized spacial score (nSPS) is 17.3. The van der Waals surface area contributed by atoms with Gasteiger partial charge in [-0.25, -0.2) is 13.2 Å². The van der Waals surface area contributed by atoms with Crippen molar-refractivity contribution in [2.45, 2.75) is 60.4 Å². The van der Waals surface area contributed by atoms with Gasteiger partial charge >= 0.3 is 12.1 Å². The second kappa shape index (κ2) is 10.3. The predicted octanol–water partition coefficient (Wildman–Crippen LogP) is 4.38. The number of carbonyl (C=O) groups is 1. The van der Waals surface area contributed by atoms with Gasteiger partial charge in [-0.05, 0) is 54.7 Å². The van der Waals surface area contributed by atoms with Gasteiger partial charge in [-0.1, -0.05) is 26.0 Å². The van der Waals surface area contributed by atoms with Crippen LogP contribution in [0.15, 0.2) is 46.2 Å². The molecular formula is C23H26F3NO6S2. The van der Waals surface area contributed by atoms with E-state index in [4.69, 9.17) is 9.84 Å². The fourth-order valence-electron chi connectivity index (χ4n) is 4.05. The number of nitrogens with zero attached hydrogens (tertiary/aromatic N) is 1. The van der Waals surface area contributed by atoms with Gasteiger partial charge in [0.1, 0.15) is 5.75 Å². The minimum Gasteiger partial charge on any atom is -0.482 e. The average molecular weight is 534 g/mol. The molecule has 0 saturated heterocycles. The first kappa shape index (κ1) is 27.2. The van der Waals surface area contributed by atoms with Gasteiger partial charge in [0.05, 0.1) is 27.3 Å². The van der Waals surface area contributed by atoms with Gasteiger partial charge in [0, 0.05) is 17.2 Å². The molecule has 35 heavy (non-hydrogen) atoms. The van der Waals surface area contributed by atoms with E-state index in [2.05, 4.69) is 0 Å². The van der Waals surface area contributed by atoms with E-state index >= 15 is 0 Å². The highest BCUT2D eigenvalue weighted by molar-refractivity contribution is 7.89. The number of ether oxygens (including phenoxy) is 1. The second-order valence-corrected chi connectivity index (χ2v) is 12.5. The van der Waals surface area contributed by atoms with Crippen molar-refractivity contribution in [3.05, 3.63) is 53.1 Å². The first-order chi connectivity index (χ1) is 16.2. The standard InChI is InChI=1S/C23H26F3NO6S2/c1-14(2)34(30)16-10-15(23(24,25)26)11-17(12-16)35(31,32)27(3)20-8-4-7-19-18(20)6-5-9-21(19)33-13-22(28)29/h5-6,9-12,14,20H,4,7-8,13H2,1-3H3,(H,28,29)/t20?,34-/m1/s1. The SMILES string of the molecule is CC(C)[S@@](=O)c1cc(C(F)(F)F)cc(S(=O)(=O)N(C)C2CCCc3c(OCC(=O)O)cccc32)c1. The molecule has 12 heteroatoms. The first-order valence-electron chi connectivity index (χ1n) is 10.8. The monoisotopic (exact) mass is 533 g/mol. The number of carboxylic acid groups (broad SMARTS) is 1. The Bertz CT molecular complexity index is 1240. The third-order valence-corrected chi connectivity index (χ3v) is 9.17. The van der Waals surface area contributed by atoms with Crippen LogP contribution in [0.5, 0.6) is 5.75 Å². The molecule has 0 fully saturated rings. The van der Waals surface area contributed by atoms with Gasteiger partial charge in [-0.3, -0.25) is 4.21 Å². The molecule has 1 N–H and O–H groups in total. The number of hydrogen-bond acceptors (Lipinski definition) is 5. The summed E-state index contributed by atoms with van der Waals surface area (Å²) in [6.07, 6.45) is -3.31. The maximum Gasteiger partial charge on any atom is 0.416 e. The molecule has 3 rings (SSSR count). The fourth-order valence-corrected chi connectivity index (χ4v) is 6.59. The number of aliphatic carboxylic acids is 1. The molecule has 2 aromatic rings. The third-order valence-electron chi connectivity index (χ3n) is 5.77. The van der Waals surface area contributed by atoms with E-state index < -0.39 is 61.3 Å². The van der Waals surface area contributed by atoms with Crippen LogP contribution >= 0.6 is 0 Å². The summed E-state index contributed by atoms with van der Waals surface area (Å²) in [5.41, 5.74) is 0.0743. The number of fused-ring (bicyclic) bond motifs is 1. The van der Waals surface area contributed by atoms with Gasteiger partial charge in [0.25, 0.3) is 0 Å². The zero-order chi connectivity index (χ0) is 26.1. The lowest BCUT2D eigenvalue weighted by atomic mass is 9.87. The first-order valence-corrected chi connectivity index (χ1v) is 13.5. The van der Waals surface area contributed by atoms with Gasteiger partial charge < -0.3 is 9.84 Å². The molecule has 0 saturated carbocycles. The average Bonchev–Trinajstić information content (AvgIpc) is 2.80. The van der Waals surface area contributed by atoms with Crippen LogP contribution in [-0.2, 0) is 38.2 Å². The summed E-state index contributed by atoms with van der Waals surface area (Å²) >= 11 is 0. The summed E-state index contributed by atoms with van der Waals surface area (Å²) in [5, 5.41) is 8.40. The Morgan fingerprint density at radius 1 is 1.26 bits per heavy atom. The molecule has 7 nitrogen and oxygen atoms in total. The van der Waals surface area contributed by atoms with Gasteiger partial charge in [0.15, 0.2) is 6.61 Å². The van der Waals surface area contributed by atoms with Crippen molar-refractivity contribution in [3.63, 3.8) is 0 Å². The molecule has 0 amide bonds. The lowest BCUT2D eigenvalue weighted by Gasteiger charge is -2.33. The van der Waals surface area contributed by atoms with Crippen LogP contribution in [0.25, 0.3) is 0 Å². The summed E-state index contributed by atoms with van der Waals surface area (Å²) < 4.78 is 86.7. The van der Waals surface area contributed by atoms with E-state index in [1.54, 1.807) is 32.0 Å². The second-order valence-electron chi connectivity index (χ2n) is 8.47. The van der Waals surface area contributed by atoms with E-state index in [1.165, 1.54) is 7.05 Å². The highest BCUT2D eigenvalue weighted by Crippen LogP contribution is 2.41. The van der Waals surface area contributed by atoms with Crippen molar-refractivity contribution in [1.82, 2.24) is 4.31 Å². The summed E-state index contributed by atoms with van der Waals surface area (Å²) in [4.78, 5) is 10.1. The summed E-state index contributed by atoms with van der Waals surface area (Å²) in [7, 11) is -4.97. The molecule has 0 bridgehead atoms. The Balaban J connectivity index is 2.06. The number of rotatable bonds is 8. The number of halogens is 3. The fraction of sp³-hybridized carbons (Fsp3) is 0.435. The summed E-state index contributed by atoms with van der Waals surface area (Å²) in [6, 6.07) is 6.52. The Kier molecular flexibility index (Phi) is 7.97. The van der Waals surface area contributed by atoms with Crippen LogP contribution in [0.3, 0.4) is 0 Å². The largest absolute Gasteiger partial charge is 0.482 e. The minimum absolute atomic E-state index is 0.213. The van der Waals surface area contributed by atoms with E-state index in [-0.39, 0.29) is 4.90 Å². The molecular weight excluding hydrogens is 507 g/mol. The Morgan fingerprint density at radius 2 is 1.94 bits per heavy atom. The van der Waals surface area contributed by atoms with E-state index in [0.717, 1.165) is 16.4 Å². The lowest BCUT2D eigenvalue weighted by molar-refractivity contribution is -0.139. The lowest BCUT2D eigenvalue weighted by Crippen LogP contribution is -2.34. The zero-order valence-electron chi connectivity index (χ0n) is 19.3. The number of sulfonamides is 1. The van der Waals surface area contributed by atoms with Crippen LogP contribution in [0, 0.1) is 0 Å². The van der Waals surface area contributed by atoms with Crippen molar-refractivity contribution >= 4 is 26.8 Å². The third kappa shape index (κ3) is 5.87.